The van der Waals surface area contributed by atoms with Crippen LogP contribution < -0.4 is 0 Å². The summed E-state index contributed by atoms with van der Waals surface area (Å²) in [6.07, 6.45) is 73.5. The van der Waals surface area contributed by atoms with E-state index in [0.29, 0.717) is 0 Å². The van der Waals surface area contributed by atoms with Gasteiger partial charge in [0.05, 0.1) is 0 Å². The van der Waals surface area contributed by atoms with Gasteiger partial charge in [0.1, 0.15) is 0 Å². The standard InChI is InChI=1S/2C15H18.2C10H12.2C5H6/c1-3-10-5-8(1)12-7-13-9-2-4-11(6-9)15(13)14(10)12;1-2-10-11(3-1)13-7-12(10)14-8-4-5-9(6-8)15(13)14;2*1-2-9-7-4-5-8(6-7)10(9)3-1;2*1-2-4-5-3-1/h1-4,8-15H,5-7H2;1-2,4-5,8-15H,3,6-7H2;2*1-2,4-5,7-10H,3,6H2;2*1-4H,5H2. The van der Waals surface area contributed by atoms with Crippen molar-refractivity contribution >= 4 is 0 Å². The highest BCUT2D eigenvalue weighted by atomic mass is 14.7. The molecule has 0 radical (unpaired) electrons. The summed E-state index contributed by atoms with van der Waals surface area (Å²) < 4.78 is 0. The quantitative estimate of drug-likeness (QED) is 0.169. The first kappa shape index (κ1) is 37.4. The third kappa shape index (κ3) is 6.08. The number of hydrogen-bond donors (Lipinski definition) is 0. The second-order valence-electron chi connectivity index (χ2n) is 23.1. The molecule has 312 valence electrons. The summed E-state index contributed by atoms with van der Waals surface area (Å²) >= 11 is 0. The molecule has 0 amide bonds. The molecule has 0 spiro atoms. The maximum absolute atomic E-state index is 2.57. The molecule has 0 heteroatoms. The van der Waals surface area contributed by atoms with E-state index in [2.05, 4.69) is 146 Å². The zero-order valence-corrected chi connectivity index (χ0v) is 36.2. The molecule has 8 saturated carbocycles. The summed E-state index contributed by atoms with van der Waals surface area (Å²) in [7, 11) is 0. The SMILES string of the molecule is C1=CC2C(C1)C1CC2C2C3C=CC(C3)C12.C1=CC2C3C=CC(C3)C2C1.C1=CC2C3C=CC(C3)C2C1.C1=CC2CC1C1CC3C4C=CC(C4)C3C21.C1=CCC=C1.C1=CCC=C1. The van der Waals surface area contributed by atoms with E-state index in [1.165, 1.54) is 51.4 Å². The highest BCUT2D eigenvalue weighted by Crippen LogP contribution is 2.71. The molecule has 60 heavy (non-hydrogen) atoms. The molecule has 18 aliphatic rings. The summed E-state index contributed by atoms with van der Waals surface area (Å²) in [5.74, 6) is 24.5. The van der Waals surface area contributed by atoms with Gasteiger partial charge in [-0.1, -0.05) is 146 Å². The van der Waals surface area contributed by atoms with Crippen molar-refractivity contribution in [2.75, 3.05) is 0 Å². The van der Waals surface area contributed by atoms with Crippen LogP contribution in [0, 0.1) is 142 Å². The fourth-order valence-corrected chi connectivity index (χ4v) is 19.0. The molecule has 18 rings (SSSR count). The van der Waals surface area contributed by atoms with Crippen LogP contribution in [0.2, 0.25) is 0 Å². The molecule has 18 aliphatic carbocycles. The Morgan fingerprint density at radius 3 is 1.00 bits per heavy atom. The van der Waals surface area contributed by atoms with Crippen LogP contribution in [0.1, 0.15) is 77.0 Å². The first-order valence-corrected chi connectivity index (χ1v) is 25.8. The molecule has 0 N–H and O–H groups in total. The van der Waals surface area contributed by atoms with E-state index >= 15 is 0 Å². The molecule has 0 aromatic heterocycles. The molecule has 0 aromatic rings. The van der Waals surface area contributed by atoms with Crippen LogP contribution in [-0.2, 0) is 0 Å². The minimum absolute atomic E-state index is 0.925. The van der Waals surface area contributed by atoms with Gasteiger partial charge >= 0.3 is 0 Å². The Bertz CT molecular complexity index is 1890. The third-order valence-electron chi connectivity index (χ3n) is 21.0. The Morgan fingerprint density at radius 2 is 0.550 bits per heavy atom. The lowest BCUT2D eigenvalue weighted by atomic mass is 9.66. The van der Waals surface area contributed by atoms with Gasteiger partial charge in [0, 0.05) is 0 Å². The topological polar surface area (TPSA) is 0 Å². The van der Waals surface area contributed by atoms with Crippen molar-refractivity contribution in [2.45, 2.75) is 77.0 Å². The molecule has 0 heterocycles. The molecule has 8 fully saturated rings. The van der Waals surface area contributed by atoms with Gasteiger partial charge in [0.25, 0.3) is 0 Å². The molecule has 0 aromatic carbocycles. The summed E-state index contributed by atoms with van der Waals surface area (Å²) in [6, 6.07) is 0. The minimum atomic E-state index is 0.925. The third-order valence-corrected chi connectivity index (χ3v) is 21.0. The number of hydrogen-bond acceptors (Lipinski definition) is 0. The maximum Gasteiger partial charge on any atom is -0.0133 e. The second-order valence-corrected chi connectivity index (χ2v) is 23.1. The first-order chi connectivity index (χ1) is 29.7. The van der Waals surface area contributed by atoms with Crippen molar-refractivity contribution in [3.05, 3.63) is 146 Å². The smallest absolute Gasteiger partial charge is 0.0133 e. The van der Waals surface area contributed by atoms with Gasteiger partial charge in [-0.2, -0.15) is 0 Å². The Labute approximate surface area is 363 Å². The minimum Gasteiger partial charge on any atom is -0.0879 e. The average Bonchev–Trinajstić information content (AvgIpc) is 4.10. The van der Waals surface area contributed by atoms with Gasteiger partial charge < -0.3 is 0 Å². The van der Waals surface area contributed by atoms with Crippen LogP contribution in [0.5, 0.6) is 0 Å². The van der Waals surface area contributed by atoms with Crippen molar-refractivity contribution in [1.29, 1.82) is 0 Å². The molecule has 24 unspecified atom stereocenters. The fraction of sp³-hybridized carbons (Fsp3) is 0.600. The predicted molar refractivity (Wildman–Crippen MR) is 249 cm³/mol. The number of fused-ring (bicyclic) bond motifs is 33. The summed E-state index contributed by atoms with van der Waals surface area (Å²) in [6.45, 7) is 0. The van der Waals surface area contributed by atoms with Crippen LogP contribution in [0.15, 0.2) is 146 Å². The summed E-state index contributed by atoms with van der Waals surface area (Å²) in [5.41, 5.74) is 0. The Balaban J connectivity index is 0.0000000775. The number of rotatable bonds is 0. The monoisotopic (exact) mass is 793 g/mol. The lowest BCUT2D eigenvalue weighted by Crippen LogP contribution is -2.34. The van der Waals surface area contributed by atoms with E-state index in [4.69, 9.17) is 0 Å². The Kier molecular flexibility index (Phi) is 9.55. The van der Waals surface area contributed by atoms with E-state index in [1.54, 1.807) is 12.8 Å². The molecular weight excluding hydrogens is 721 g/mol. The summed E-state index contributed by atoms with van der Waals surface area (Å²) in [4.78, 5) is 0. The molecule has 24 atom stereocenters. The van der Waals surface area contributed by atoms with E-state index in [0.717, 1.165) is 155 Å². The van der Waals surface area contributed by atoms with Gasteiger partial charge in [0.15, 0.2) is 0 Å². The van der Waals surface area contributed by atoms with E-state index in [9.17, 15) is 0 Å². The Hall–Kier alpha value is -3.12. The zero-order chi connectivity index (χ0) is 39.3. The van der Waals surface area contributed by atoms with Gasteiger partial charge in [-0.15, -0.1) is 0 Å². The Morgan fingerprint density at radius 1 is 0.217 bits per heavy atom. The summed E-state index contributed by atoms with van der Waals surface area (Å²) in [5, 5.41) is 0. The highest BCUT2D eigenvalue weighted by molar-refractivity contribution is 5.28. The predicted octanol–water partition coefficient (Wildman–Crippen LogP) is 14.3. The van der Waals surface area contributed by atoms with Crippen molar-refractivity contribution in [2.24, 2.45) is 142 Å². The second kappa shape index (κ2) is 15.3. The molecular formula is C60H72. The van der Waals surface area contributed by atoms with Crippen molar-refractivity contribution < 1.29 is 0 Å². The van der Waals surface area contributed by atoms with Crippen molar-refractivity contribution in [3.63, 3.8) is 0 Å². The first-order valence-electron chi connectivity index (χ1n) is 25.8. The van der Waals surface area contributed by atoms with Crippen molar-refractivity contribution in [3.8, 4) is 0 Å². The molecule has 0 aliphatic heterocycles. The van der Waals surface area contributed by atoms with Gasteiger partial charge in [0.2, 0.25) is 0 Å². The number of allylic oxidation sites excluding steroid dienone is 24. The van der Waals surface area contributed by atoms with Crippen LogP contribution in [0.25, 0.3) is 0 Å². The average molecular weight is 793 g/mol. The lowest BCUT2D eigenvalue weighted by molar-refractivity contribution is 0.121. The van der Waals surface area contributed by atoms with Gasteiger partial charge in [-0.05, 0) is 219 Å². The zero-order valence-electron chi connectivity index (χ0n) is 36.2. The van der Waals surface area contributed by atoms with Crippen LogP contribution in [-0.4, -0.2) is 0 Å². The highest BCUT2D eigenvalue weighted by Gasteiger charge is 2.64. The molecule has 0 saturated heterocycles. The van der Waals surface area contributed by atoms with Crippen LogP contribution >= 0.6 is 0 Å². The van der Waals surface area contributed by atoms with Gasteiger partial charge in [-0.25, -0.2) is 0 Å². The normalized spacial score (nSPS) is 54.4. The van der Waals surface area contributed by atoms with Crippen LogP contribution in [0.3, 0.4) is 0 Å². The van der Waals surface area contributed by atoms with Gasteiger partial charge in [-0.3, -0.25) is 0 Å². The lowest BCUT2D eigenvalue weighted by Gasteiger charge is -2.38. The maximum atomic E-state index is 2.57. The van der Waals surface area contributed by atoms with E-state index < -0.39 is 0 Å². The van der Waals surface area contributed by atoms with Crippen LogP contribution in [0.4, 0.5) is 0 Å². The van der Waals surface area contributed by atoms with E-state index in [-0.39, 0.29) is 0 Å². The largest absolute Gasteiger partial charge is 0.0879 e. The molecule has 0 nitrogen and oxygen atoms in total. The fourth-order valence-electron chi connectivity index (χ4n) is 19.0. The van der Waals surface area contributed by atoms with E-state index in [1.807, 2.05) is 0 Å². The molecule has 12 bridgehead atoms. The van der Waals surface area contributed by atoms with Crippen molar-refractivity contribution in [1.82, 2.24) is 0 Å².